The summed E-state index contributed by atoms with van der Waals surface area (Å²) in [6, 6.07) is 5.76. The SMILES string of the molecule is CNC(C)(CC(=O)O)c1cc(C)ccc1OC. The second-order valence-corrected chi connectivity index (χ2v) is 4.36. The lowest BCUT2D eigenvalue weighted by molar-refractivity contribution is -0.138. The molecule has 0 fully saturated rings. The van der Waals surface area contributed by atoms with Gasteiger partial charge in [0, 0.05) is 5.56 Å². The highest BCUT2D eigenvalue weighted by atomic mass is 16.5. The normalized spacial score (nSPS) is 14.1. The van der Waals surface area contributed by atoms with Gasteiger partial charge in [0.1, 0.15) is 5.75 Å². The van der Waals surface area contributed by atoms with Crippen LogP contribution in [-0.4, -0.2) is 25.2 Å². The van der Waals surface area contributed by atoms with E-state index in [9.17, 15) is 4.79 Å². The Morgan fingerprint density at radius 2 is 2.18 bits per heavy atom. The van der Waals surface area contributed by atoms with Crippen molar-refractivity contribution < 1.29 is 14.6 Å². The molecule has 0 aromatic heterocycles. The molecule has 1 atom stereocenters. The quantitative estimate of drug-likeness (QED) is 0.821. The van der Waals surface area contributed by atoms with E-state index in [2.05, 4.69) is 5.32 Å². The summed E-state index contributed by atoms with van der Waals surface area (Å²) in [5.41, 5.74) is 1.31. The molecule has 4 nitrogen and oxygen atoms in total. The fraction of sp³-hybridized carbons (Fsp3) is 0.462. The number of nitrogens with one attached hydrogen (secondary N) is 1. The molecule has 1 rings (SSSR count). The van der Waals surface area contributed by atoms with Crippen LogP contribution >= 0.6 is 0 Å². The topological polar surface area (TPSA) is 58.6 Å². The third-order valence-electron chi connectivity index (χ3n) is 3.01. The molecule has 0 aliphatic rings. The summed E-state index contributed by atoms with van der Waals surface area (Å²) in [7, 11) is 3.34. The second kappa shape index (κ2) is 5.19. The molecule has 2 N–H and O–H groups in total. The van der Waals surface area contributed by atoms with Crippen molar-refractivity contribution in [1.82, 2.24) is 5.32 Å². The Morgan fingerprint density at radius 1 is 1.53 bits per heavy atom. The lowest BCUT2D eigenvalue weighted by Gasteiger charge is -2.30. The molecule has 0 spiro atoms. The Hall–Kier alpha value is -1.55. The first-order valence-electron chi connectivity index (χ1n) is 5.49. The van der Waals surface area contributed by atoms with Crippen molar-refractivity contribution in [2.75, 3.05) is 14.2 Å². The Bertz CT molecular complexity index is 417. The van der Waals surface area contributed by atoms with Crippen LogP contribution in [0.4, 0.5) is 0 Å². The molecule has 0 heterocycles. The van der Waals surface area contributed by atoms with E-state index in [0.717, 1.165) is 11.1 Å². The number of ether oxygens (including phenoxy) is 1. The number of benzene rings is 1. The average molecular weight is 237 g/mol. The molecule has 1 aromatic carbocycles. The molecule has 1 unspecified atom stereocenters. The summed E-state index contributed by atoms with van der Waals surface area (Å²) in [5.74, 6) is -0.140. The van der Waals surface area contributed by atoms with Gasteiger partial charge in [0.05, 0.1) is 19.1 Å². The Kier molecular flexibility index (Phi) is 4.12. The molecule has 94 valence electrons. The molecule has 0 saturated heterocycles. The van der Waals surface area contributed by atoms with E-state index < -0.39 is 11.5 Å². The molecule has 0 aliphatic carbocycles. The number of carboxylic acid groups (broad SMARTS) is 1. The first kappa shape index (κ1) is 13.5. The smallest absolute Gasteiger partial charge is 0.305 e. The lowest BCUT2D eigenvalue weighted by atomic mass is 9.87. The van der Waals surface area contributed by atoms with Gasteiger partial charge in [0.15, 0.2) is 0 Å². The van der Waals surface area contributed by atoms with Crippen LogP contribution < -0.4 is 10.1 Å². The third-order valence-corrected chi connectivity index (χ3v) is 3.01. The summed E-state index contributed by atoms with van der Waals surface area (Å²) in [5, 5.41) is 12.1. The highest BCUT2D eigenvalue weighted by Gasteiger charge is 2.30. The van der Waals surface area contributed by atoms with Gasteiger partial charge in [-0.1, -0.05) is 17.7 Å². The Labute approximate surface area is 102 Å². The standard InChI is InChI=1S/C13H19NO3/c1-9-5-6-11(17-4)10(7-9)13(2,14-3)8-12(15)16/h5-7,14H,8H2,1-4H3,(H,15,16). The highest BCUT2D eigenvalue weighted by molar-refractivity contribution is 5.69. The Morgan fingerprint density at radius 3 is 2.65 bits per heavy atom. The van der Waals surface area contributed by atoms with E-state index in [1.54, 1.807) is 14.2 Å². The van der Waals surface area contributed by atoms with E-state index in [1.807, 2.05) is 32.0 Å². The van der Waals surface area contributed by atoms with Gasteiger partial charge in [-0.05, 0) is 27.0 Å². The largest absolute Gasteiger partial charge is 0.496 e. The van der Waals surface area contributed by atoms with Crippen LogP contribution in [0.25, 0.3) is 0 Å². The van der Waals surface area contributed by atoms with Crippen molar-refractivity contribution in [3.63, 3.8) is 0 Å². The number of carbonyl (C=O) groups is 1. The maximum atomic E-state index is 11.0. The van der Waals surface area contributed by atoms with Crippen LogP contribution in [0.15, 0.2) is 18.2 Å². The van der Waals surface area contributed by atoms with Crippen LogP contribution in [0.5, 0.6) is 5.75 Å². The minimum absolute atomic E-state index is 0.00329. The van der Waals surface area contributed by atoms with Crippen molar-refractivity contribution >= 4 is 5.97 Å². The number of hydrogen-bond acceptors (Lipinski definition) is 3. The molecular weight excluding hydrogens is 218 g/mol. The monoisotopic (exact) mass is 237 g/mol. The zero-order chi connectivity index (χ0) is 13.1. The van der Waals surface area contributed by atoms with Crippen molar-refractivity contribution in [2.45, 2.75) is 25.8 Å². The van der Waals surface area contributed by atoms with Gasteiger partial charge in [0.2, 0.25) is 0 Å². The minimum atomic E-state index is -0.842. The van der Waals surface area contributed by atoms with Gasteiger partial charge in [-0.3, -0.25) is 4.79 Å². The summed E-state index contributed by atoms with van der Waals surface area (Å²) in [6.45, 7) is 3.83. The Balaban J connectivity index is 3.26. The fourth-order valence-corrected chi connectivity index (χ4v) is 1.87. The molecule has 0 amide bonds. The lowest BCUT2D eigenvalue weighted by Crippen LogP contribution is -2.39. The van der Waals surface area contributed by atoms with Gasteiger partial charge in [0.25, 0.3) is 0 Å². The maximum absolute atomic E-state index is 11.0. The van der Waals surface area contributed by atoms with E-state index in [1.165, 1.54) is 0 Å². The number of methoxy groups -OCH3 is 1. The molecule has 0 saturated carbocycles. The maximum Gasteiger partial charge on any atom is 0.305 e. The third kappa shape index (κ3) is 2.97. The number of carboxylic acids is 1. The van der Waals surface area contributed by atoms with Gasteiger partial charge >= 0.3 is 5.97 Å². The number of rotatable bonds is 5. The first-order chi connectivity index (χ1) is 7.92. The minimum Gasteiger partial charge on any atom is -0.496 e. The van der Waals surface area contributed by atoms with Crippen LogP contribution in [0.3, 0.4) is 0 Å². The van der Waals surface area contributed by atoms with Crippen molar-refractivity contribution in [3.8, 4) is 5.75 Å². The van der Waals surface area contributed by atoms with Gasteiger partial charge in [-0.15, -0.1) is 0 Å². The van der Waals surface area contributed by atoms with Crippen molar-refractivity contribution in [1.29, 1.82) is 0 Å². The number of aliphatic carboxylic acids is 1. The average Bonchev–Trinajstić information content (AvgIpc) is 2.28. The molecule has 4 heteroatoms. The fourth-order valence-electron chi connectivity index (χ4n) is 1.87. The van der Waals surface area contributed by atoms with Crippen molar-refractivity contribution in [2.24, 2.45) is 0 Å². The van der Waals surface area contributed by atoms with Crippen LogP contribution in [0, 0.1) is 6.92 Å². The van der Waals surface area contributed by atoms with Crippen LogP contribution in [-0.2, 0) is 10.3 Å². The second-order valence-electron chi connectivity index (χ2n) is 4.36. The molecule has 17 heavy (non-hydrogen) atoms. The van der Waals surface area contributed by atoms with Crippen molar-refractivity contribution in [3.05, 3.63) is 29.3 Å². The van der Waals surface area contributed by atoms with E-state index in [0.29, 0.717) is 5.75 Å². The molecule has 0 aliphatic heterocycles. The summed E-state index contributed by atoms with van der Waals surface area (Å²) < 4.78 is 5.30. The van der Waals surface area contributed by atoms with Gasteiger partial charge < -0.3 is 15.2 Å². The molecule has 1 aromatic rings. The summed E-state index contributed by atoms with van der Waals surface area (Å²) >= 11 is 0. The van der Waals surface area contributed by atoms with E-state index in [-0.39, 0.29) is 6.42 Å². The van der Waals surface area contributed by atoms with E-state index in [4.69, 9.17) is 9.84 Å². The molecular formula is C13H19NO3. The first-order valence-corrected chi connectivity index (χ1v) is 5.49. The van der Waals surface area contributed by atoms with Gasteiger partial charge in [-0.25, -0.2) is 0 Å². The summed E-state index contributed by atoms with van der Waals surface area (Å²) in [6.07, 6.45) is 0.00329. The molecule has 0 radical (unpaired) electrons. The zero-order valence-corrected chi connectivity index (χ0v) is 10.7. The highest BCUT2D eigenvalue weighted by Crippen LogP contribution is 2.33. The summed E-state index contributed by atoms with van der Waals surface area (Å²) in [4.78, 5) is 11.0. The van der Waals surface area contributed by atoms with E-state index >= 15 is 0 Å². The predicted molar refractivity (Wildman–Crippen MR) is 66.4 cm³/mol. The zero-order valence-electron chi connectivity index (χ0n) is 10.7. The molecule has 0 bridgehead atoms. The van der Waals surface area contributed by atoms with Gasteiger partial charge in [-0.2, -0.15) is 0 Å². The number of aryl methyl sites for hydroxylation is 1. The predicted octanol–water partition coefficient (Wildman–Crippen LogP) is 1.91. The van der Waals surface area contributed by atoms with Crippen LogP contribution in [0.2, 0.25) is 0 Å². The van der Waals surface area contributed by atoms with Crippen LogP contribution in [0.1, 0.15) is 24.5 Å². The number of hydrogen-bond donors (Lipinski definition) is 2.